The van der Waals surface area contributed by atoms with Gasteiger partial charge in [0, 0.05) is 6.04 Å². The minimum absolute atomic E-state index is 0.172. The van der Waals surface area contributed by atoms with Crippen molar-refractivity contribution in [2.24, 2.45) is 0 Å². The Hall–Kier alpha value is -0.730. The summed E-state index contributed by atoms with van der Waals surface area (Å²) in [5.41, 5.74) is 0. The molecule has 1 fully saturated rings. The van der Waals surface area contributed by atoms with Crippen LogP contribution in [-0.4, -0.2) is 18.2 Å². The van der Waals surface area contributed by atoms with Gasteiger partial charge < -0.3 is 10.1 Å². The van der Waals surface area contributed by atoms with Crippen LogP contribution in [0.15, 0.2) is 0 Å². The van der Waals surface area contributed by atoms with E-state index in [1.807, 2.05) is 13.8 Å². The van der Waals surface area contributed by atoms with Crippen LogP contribution in [-0.2, 0) is 4.74 Å². The van der Waals surface area contributed by atoms with Gasteiger partial charge in [-0.15, -0.1) is 0 Å². The Morgan fingerprint density at radius 3 is 2.60 bits per heavy atom. The molecule has 0 bridgehead atoms. The number of hydrogen-bond donors (Lipinski definition) is 1. The third-order valence-corrected chi connectivity index (χ3v) is 1.20. The molecule has 0 aliphatic heterocycles. The number of alkyl carbamates (subject to hydrolysis) is 1. The second-order valence-electron chi connectivity index (χ2n) is 2.90. The molecule has 0 aromatic heterocycles. The third kappa shape index (κ3) is 2.71. The molecule has 0 unspecified atom stereocenters. The molecule has 0 aromatic carbocycles. The van der Waals surface area contributed by atoms with Gasteiger partial charge in [0.15, 0.2) is 0 Å². The monoisotopic (exact) mass is 143 g/mol. The first-order valence-corrected chi connectivity index (χ1v) is 3.65. The van der Waals surface area contributed by atoms with E-state index in [1.165, 1.54) is 0 Å². The van der Waals surface area contributed by atoms with Crippen molar-refractivity contribution in [2.45, 2.75) is 38.8 Å². The molecule has 1 N–H and O–H groups in total. The number of hydrogen-bond acceptors (Lipinski definition) is 2. The van der Waals surface area contributed by atoms with Crippen molar-refractivity contribution in [2.75, 3.05) is 0 Å². The molecule has 0 saturated heterocycles. The molecule has 0 radical (unpaired) electrons. The van der Waals surface area contributed by atoms with E-state index in [-0.39, 0.29) is 18.2 Å². The summed E-state index contributed by atoms with van der Waals surface area (Å²) < 4.78 is 4.92. The van der Waals surface area contributed by atoms with Crippen LogP contribution in [0.4, 0.5) is 4.79 Å². The summed E-state index contributed by atoms with van der Waals surface area (Å²) in [4.78, 5) is 10.8. The van der Waals surface area contributed by atoms with Crippen LogP contribution < -0.4 is 5.32 Å². The smallest absolute Gasteiger partial charge is 0.407 e. The van der Waals surface area contributed by atoms with E-state index >= 15 is 0 Å². The average Bonchev–Trinajstić information content (AvgIpc) is 2.46. The molecule has 0 spiro atoms. The summed E-state index contributed by atoms with van der Waals surface area (Å²) >= 11 is 0. The van der Waals surface area contributed by atoms with E-state index in [0.717, 1.165) is 12.8 Å². The first-order chi connectivity index (χ1) is 4.68. The topological polar surface area (TPSA) is 38.3 Å². The van der Waals surface area contributed by atoms with Gasteiger partial charge in [-0.1, -0.05) is 0 Å². The van der Waals surface area contributed by atoms with Gasteiger partial charge in [0.25, 0.3) is 0 Å². The lowest BCUT2D eigenvalue weighted by Crippen LogP contribution is -2.31. The van der Waals surface area contributed by atoms with Crippen molar-refractivity contribution < 1.29 is 9.53 Å². The Kier molecular flexibility index (Phi) is 2.14. The predicted octanol–water partition coefficient (Wildman–Crippen LogP) is 1.28. The molecule has 58 valence electrons. The van der Waals surface area contributed by atoms with E-state index in [0.29, 0.717) is 0 Å². The van der Waals surface area contributed by atoms with Crippen molar-refractivity contribution in [1.29, 1.82) is 0 Å². The number of carbonyl (C=O) groups is 1. The first kappa shape index (κ1) is 7.38. The van der Waals surface area contributed by atoms with E-state index in [9.17, 15) is 4.79 Å². The molecule has 1 rings (SSSR count). The minimum atomic E-state index is -0.280. The summed E-state index contributed by atoms with van der Waals surface area (Å²) in [5.74, 6) is 0. The van der Waals surface area contributed by atoms with Crippen molar-refractivity contribution in [1.82, 2.24) is 5.32 Å². The molecule has 1 aliphatic rings. The van der Waals surface area contributed by atoms with Crippen LogP contribution in [0.1, 0.15) is 26.7 Å². The van der Waals surface area contributed by atoms with Crippen LogP contribution >= 0.6 is 0 Å². The zero-order chi connectivity index (χ0) is 7.56. The van der Waals surface area contributed by atoms with Crippen molar-refractivity contribution in [3.63, 3.8) is 0 Å². The van der Waals surface area contributed by atoms with E-state index in [2.05, 4.69) is 5.32 Å². The highest BCUT2D eigenvalue weighted by molar-refractivity contribution is 5.67. The zero-order valence-corrected chi connectivity index (χ0v) is 6.39. The number of nitrogens with one attached hydrogen (secondary N) is 1. The van der Waals surface area contributed by atoms with Gasteiger partial charge in [-0.25, -0.2) is 4.79 Å². The van der Waals surface area contributed by atoms with Crippen molar-refractivity contribution in [3.8, 4) is 0 Å². The predicted molar refractivity (Wildman–Crippen MR) is 37.8 cm³/mol. The average molecular weight is 143 g/mol. The number of ether oxygens (including phenoxy) is 1. The van der Waals surface area contributed by atoms with Crippen LogP contribution in [0, 0.1) is 0 Å². The highest BCUT2D eigenvalue weighted by atomic mass is 16.6. The lowest BCUT2D eigenvalue weighted by molar-refractivity contribution is 0.136. The van der Waals surface area contributed by atoms with Crippen molar-refractivity contribution >= 4 is 6.09 Å². The molecule has 0 atom stereocenters. The standard InChI is InChI=1S/C7H13NO2/c1-5(2)8-7(9)10-6-3-4-6/h5-6H,3-4H2,1-2H3,(H,8,9). The lowest BCUT2D eigenvalue weighted by atomic mass is 10.4. The van der Waals surface area contributed by atoms with Gasteiger partial charge in [0.2, 0.25) is 0 Å². The number of carbonyl (C=O) groups excluding carboxylic acids is 1. The van der Waals surface area contributed by atoms with E-state index < -0.39 is 0 Å². The van der Waals surface area contributed by atoms with Crippen LogP contribution in [0.3, 0.4) is 0 Å². The summed E-state index contributed by atoms with van der Waals surface area (Å²) in [7, 11) is 0. The van der Waals surface area contributed by atoms with Gasteiger partial charge in [-0.2, -0.15) is 0 Å². The molecule has 3 nitrogen and oxygen atoms in total. The summed E-state index contributed by atoms with van der Waals surface area (Å²) in [6.07, 6.45) is 1.99. The first-order valence-electron chi connectivity index (χ1n) is 3.65. The minimum Gasteiger partial charge on any atom is -0.446 e. The lowest BCUT2D eigenvalue weighted by Gasteiger charge is -2.07. The van der Waals surface area contributed by atoms with Gasteiger partial charge >= 0.3 is 6.09 Å². The van der Waals surface area contributed by atoms with Crippen LogP contribution in [0.2, 0.25) is 0 Å². The van der Waals surface area contributed by atoms with Crippen molar-refractivity contribution in [3.05, 3.63) is 0 Å². The van der Waals surface area contributed by atoms with E-state index in [1.54, 1.807) is 0 Å². The van der Waals surface area contributed by atoms with Gasteiger partial charge in [0.05, 0.1) is 0 Å². The highest BCUT2D eigenvalue weighted by Crippen LogP contribution is 2.23. The molecule has 0 aromatic rings. The number of rotatable bonds is 2. The largest absolute Gasteiger partial charge is 0.446 e. The Bertz CT molecular complexity index is 124. The fourth-order valence-electron chi connectivity index (χ4n) is 0.607. The summed E-state index contributed by atoms with van der Waals surface area (Å²) in [6, 6.07) is 0.172. The summed E-state index contributed by atoms with van der Waals surface area (Å²) in [5, 5.41) is 2.65. The van der Waals surface area contributed by atoms with Gasteiger partial charge in [-0.3, -0.25) is 0 Å². The number of amides is 1. The molecule has 0 heterocycles. The van der Waals surface area contributed by atoms with Gasteiger partial charge in [-0.05, 0) is 26.7 Å². The molecule has 10 heavy (non-hydrogen) atoms. The molecular formula is C7H13NO2. The summed E-state index contributed by atoms with van der Waals surface area (Å²) in [6.45, 7) is 3.82. The quantitative estimate of drug-likeness (QED) is 0.632. The Morgan fingerprint density at radius 1 is 1.60 bits per heavy atom. The Balaban J connectivity index is 2.08. The molecule has 1 aliphatic carbocycles. The maximum Gasteiger partial charge on any atom is 0.407 e. The molecular weight excluding hydrogens is 130 g/mol. The van der Waals surface area contributed by atoms with Crippen LogP contribution in [0.25, 0.3) is 0 Å². The zero-order valence-electron chi connectivity index (χ0n) is 6.39. The SMILES string of the molecule is CC(C)NC(=O)OC1CC1. The molecule has 3 heteroatoms. The second kappa shape index (κ2) is 2.90. The Morgan fingerprint density at radius 2 is 2.20 bits per heavy atom. The maximum atomic E-state index is 10.8. The normalized spacial score (nSPS) is 17.1. The maximum absolute atomic E-state index is 10.8. The fraction of sp³-hybridized carbons (Fsp3) is 0.857. The van der Waals surface area contributed by atoms with Crippen LogP contribution in [0.5, 0.6) is 0 Å². The fourth-order valence-corrected chi connectivity index (χ4v) is 0.607. The third-order valence-electron chi connectivity index (χ3n) is 1.20. The second-order valence-corrected chi connectivity index (χ2v) is 2.90. The van der Waals surface area contributed by atoms with Gasteiger partial charge in [0.1, 0.15) is 6.10 Å². The molecule has 1 saturated carbocycles. The Labute approximate surface area is 60.7 Å². The van der Waals surface area contributed by atoms with E-state index in [4.69, 9.17) is 4.74 Å². The molecule has 1 amide bonds. The highest BCUT2D eigenvalue weighted by Gasteiger charge is 2.25.